The number of benzene rings is 1. The molecule has 1 atom stereocenters. The molecule has 0 saturated carbocycles. The predicted molar refractivity (Wildman–Crippen MR) is 75.5 cm³/mol. The number of anilines is 1. The van der Waals surface area contributed by atoms with Crippen molar-refractivity contribution < 1.29 is 0 Å². The first kappa shape index (κ1) is 11.0. The highest BCUT2D eigenvalue weighted by Crippen LogP contribution is 2.21. The molecule has 2 rings (SSSR count). The summed E-state index contributed by atoms with van der Waals surface area (Å²) in [6.07, 6.45) is 0. The fourth-order valence-electron chi connectivity index (χ4n) is 1.40. The minimum Gasteiger partial charge on any atom is -0.378 e. The molecule has 15 heavy (non-hydrogen) atoms. The van der Waals surface area contributed by atoms with Gasteiger partial charge in [-0.3, -0.25) is 0 Å². The number of nitrogens with one attached hydrogen (secondary N) is 1. The zero-order valence-electron chi connectivity index (χ0n) is 8.41. The largest absolute Gasteiger partial charge is 0.378 e. The molecule has 0 aliphatic carbocycles. The van der Waals surface area contributed by atoms with Gasteiger partial charge in [0.05, 0.1) is 0 Å². The van der Waals surface area contributed by atoms with Crippen LogP contribution in [0.3, 0.4) is 0 Å². The molecule has 1 aromatic heterocycles. The van der Waals surface area contributed by atoms with Crippen LogP contribution >= 0.6 is 33.9 Å². The third-order valence-corrected chi connectivity index (χ3v) is 3.69. The van der Waals surface area contributed by atoms with Gasteiger partial charge in [-0.1, -0.05) is 0 Å². The molecule has 2 aromatic rings. The first-order valence-electron chi connectivity index (χ1n) is 4.80. The van der Waals surface area contributed by atoms with Crippen molar-refractivity contribution in [2.45, 2.75) is 13.0 Å². The Kier molecular flexibility index (Phi) is 3.64. The van der Waals surface area contributed by atoms with Crippen LogP contribution in [0.4, 0.5) is 5.69 Å². The van der Waals surface area contributed by atoms with Crippen LogP contribution in [-0.4, -0.2) is 0 Å². The molecule has 0 aliphatic rings. The minimum absolute atomic E-state index is 0.372. The summed E-state index contributed by atoms with van der Waals surface area (Å²) in [6.45, 7) is 2.18. The second-order valence-electron chi connectivity index (χ2n) is 3.43. The van der Waals surface area contributed by atoms with E-state index in [1.54, 1.807) is 11.3 Å². The van der Waals surface area contributed by atoms with Crippen molar-refractivity contribution in [3.05, 3.63) is 50.2 Å². The number of hydrogen-bond donors (Lipinski definition) is 1. The van der Waals surface area contributed by atoms with E-state index in [9.17, 15) is 0 Å². The third kappa shape index (κ3) is 2.95. The van der Waals surface area contributed by atoms with Gasteiger partial charge in [0.25, 0.3) is 0 Å². The molecular weight excluding hydrogens is 317 g/mol. The summed E-state index contributed by atoms with van der Waals surface area (Å²) in [5, 5.41) is 7.77. The first-order chi connectivity index (χ1) is 7.25. The van der Waals surface area contributed by atoms with Crippen LogP contribution in [-0.2, 0) is 0 Å². The maximum Gasteiger partial charge on any atom is 0.0493 e. The van der Waals surface area contributed by atoms with E-state index in [0.29, 0.717) is 6.04 Å². The molecule has 3 heteroatoms. The maximum atomic E-state index is 3.47. The second-order valence-corrected chi connectivity index (χ2v) is 5.46. The van der Waals surface area contributed by atoms with Crippen molar-refractivity contribution in [1.29, 1.82) is 0 Å². The topological polar surface area (TPSA) is 12.0 Å². The van der Waals surface area contributed by atoms with Crippen LogP contribution in [0.15, 0.2) is 41.1 Å². The average molecular weight is 329 g/mol. The van der Waals surface area contributed by atoms with Crippen molar-refractivity contribution >= 4 is 39.6 Å². The Bertz CT molecular complexity index is 408. The molecule has 0 spiro atoms. The summed E-state index contributed by atoms with van der Waals surface area (Å²) in [5.74, 6) is 0. The Morgan fingerprint density at radius 2 is 1.93 bits per heavy atom. The highest BCUT2D eigenvalue weighted by atomic mass is 127. The van der Waals surface area contributed by atoms with Crippen LogP contribution in [0.2, 0.25) is 0 Å². The predicted octanol–water partition coefficient (Wildman–Crippen LogP) is 4.53. The van der Waals surface area contributed by atoms with Gasteiger partial charge in [0.15, 0.2) is 0 Å². The molecule has 0 saturated heterocycles. The molecule has 1 N–H and O–H groups in total. The van der Waals surface area contributed by atoms with Gasteiger partial charge < -0.3 is 5.32 Å². The van der Waals surface area contributed by atoms with E-state index in [2.05, 4.69) is 75.9 Å². The molecule has 0 bridgehead atoms. The lowest BCUT2D eigenvalue weighted by molar-refractivity contribution is 0.890. The molecule has 1 aromatic carbocycles. The Balaban J connectivity index is 2.06. The molecule has 0 amide bonds. The Labute approximate surface area is 108 Å². The van der Waals surface area contributed by atoms with Crippen molar-refractivity contribution in [2.24, 2.45) is 0 Å². The lowest BCUT2D eigenvalue weighted by Crippen LogP contribution is -2.05. The standard InChI is InChI=1S/C12H12INS/c1-9(10-6-7-15-8-10)14-12-4-2-11(13)3-5-12/h2-9,14H,1H3. The van der Waals surface area contributed by atoms with Gasteiger partial charge in [-0.15, -0.1) is 0 Å². The smallest absolute Gasteiger partial charge is 0.0493 e. The van der Waals surface area contributed by atoms with E-state index in [1.165, 1.54) is 14.8 Å². The van der Waals surface area contributed by atoms with Crippen LogP contribution < -0.4 is 5.32 Å². The van der Waals surface area contributed by atoms with Gasteiger partial charge in [-0.25, -0.2) is 0 Å². The quantitative estimate of drug-likeness (QED) is 0.816. The second kappa shape index (κ2) is 4.99. The lowest BCUT2D eigenvalue weighted by Gasteiger charge is -2.13. The van der Waals surface area contributed by atoms with Crippen LogP contribution in [0.25, 0.3) is 0 Å². The molecule has 0 fully saturated rings. The van der Waals surface area contributed by atoms with E-state index in [4.69, 9.17) is 0 Å². The minimum atomic E-state index is 0.372. The molecular formula is C12H12INS. The van der Waals surface area contributed by atoms with Gasteiger partial charge in [0.1, 0.15) is 0 Å². The van der Waals surface area contributed by atoms with Gasteiger partial charge >= 0.3 is 0 Å². The molecule has 1 unspecified atom stereocenters. The lowest BCUT2D eigenvalue weighted by atomic mass is 10.2. The van der Waals surface area contributed by atoms with Gasteiger partial charge in [0.2, 0.25) is 0 Å². The monoisotopic (exact) mass is 329 g/mol. The molecule has 0 aliphatic heterocycles. The zero-order valence-corrected chi connectivity index (χ0v) is 11.4. The summed E-state index contributed by atoms with van der Waals surface area (Å²) in [6, 6.07) is 11.0. The van der Waals surface area contributed by atoms with E-state index in [1.807, 2.05) is 0 Å². The fourth-order valence-corrected chi connectivity index (χ4v) is 2.51. The third-order valence-electron chi connectivity index (χ3n) is 2.27. The van der Waals surface area contributed by atoms with Gasteiger partial charge in [-0.2, -0.15) is 11.3 Å². The fraction of sp³-hybridized carbons (Fsp3) is 0.167. The summed E-state index contributed by atoms with van der Waals surface area (Å²) in [7, 11) is 0. The summed E-state index contributed by atoms with van der Waals surface area (Å²) in [4.78, 5) is 0. The first-order valence-corrected chi connectivity index (χ1v) is 6.82. The highest BCUT2D eigenvalue weighted by Gasteiger charge is 2.04. The molecule has 1 nitrogen and oxygen atoms in total. The Hall–Kier alpha value is -0.550. The van der Waals surface area contributed by atoms with Crippen molar-refractivity contribution in [2.75, 3.05) is 5.32 Å². The number of hydrogen-bond acceptors (Lipinski definition) is 2. The molecule has 78 valence electrons. The highest BCUT2D eigenvalue weighted by molar-refractivity contribution is 14.1. The van der Waals surface area contributed by atoms with E-state index < -0.39 is 0 Å². The van der Waals surface area contributed by atoms with Gasteiger partial charge in [-0.05, 0) is 76.2 Å². The van der Waals surface area contributed by atoms with Crippen molar-refractivity contribution in [3.8, 4) is 0 Å². The maximum absolute atomic E-state index is 3.47. The zero-order chi connectivity index (χ0) is 10.7. The number of thiophene rings is 1. The summed E-state index contributed by atoms with van der Waals surface area (Å²) < 4.78 is 1.27. The molecule has 1 heterocycles. The van der Waals surface area contributed by atoms with Crippen LogP contribution in [0.1, 0.15) is 18.5 Å². The normalized spacial score (nSPS) is 12.4. The average Bonchev–Trinajstić information content (AvgIpc) is 2.74. The number of rotatable bonds is 3. The van der Waals surface area contributed by atoms with E-state index >= 15 is 0 Å². The summed E-state index contributed by atoms with van der Waals surface area (Å²) in [5.41, 5.74) is 2.52. The van der Waals surface area contributed by atoms with Crippen LogP contribution in [0, 0.1) is 3.57 Å². The summed E-state index contributed by atoms with van der Waals surface area (Å²) >= 11 is 4.05. The van der Waals surface area contributed by atoms with E-state index in [0.717, 1.165) is 0 Å². The number of halogens is 1. The molecule has 0 radical (unpaired) electrons. The Morgan fingerprint density at radius 1 is 1.20 bits per heavy atom. The van der Waals surface area contributed by atoms with Gasteiger partial charge in [0, 0.05) is 15.3 Å². The van der Waals surface area contributed by atoms with Crippen molar-refractivity contribution in [1.82, 2.24) is 0 Å². The van der Waals surface area contributed by atoms with Crippen molar-refractivity contribution in [3.63, 3.8) is 0 Å². The van der Waals surface area contributed by atoms with Crippen LogP contribution in [0.5, 0.6) is 0 Å². The Morgan fingerprint density at radius 3 is 2.53 bits per heavy atom. The SMILES string of the molecule is CC(Nc1ccc(I)cc1)c1ccsc1. The van der Waals surface area contributed by atoms with E-state index in [-0.39, 0.29) is 0 Å².